The number of imidazole rings is 1. The second-order valence-electron chi connectivity index (χ2n) is 4.45. The van der Waals surface area contributed by atoms with E-state index in [9.17, 15) is 0 Å². The average molecular weight is 216 g/mol. The van der Waals surface area contributed by atoms with Gasteiger partial charge in [-0.3, -0.25) is 0 Å². The van der Waals surface area contributed by atoms with Gasteiger partial charge in [0.1, 0.15) is 5.82 Å². The quantitative estimate of drug-likeness (QED) is 0.767. The topological polar surface area (TPSA) is 53.6 Å². The Morgan fingerprint density at radius 3 is 3.06 bits per heavy atom. The number of hydrogen-bond acceptors (Lipinski definition) is 3. The summed E-state index contributed by atoms with van der Waals surface area (Å²) in [6.07, 6.45) is 5.53. The first-order chi connectivity index (χ1) is 7.84. The minimum atomic E-state index is 0.377. The number of piperidine rings is 1. The molecule has 1 unspecified atom stereocenters. The molecule has 0 spiro atoms. The highest BCUT2D eigenvalue weighted by atomic mass is 15.1. The molecule has 84 valence electrons. The van der Waals surface area contributed by atoms with Crippen LogP contribution in [0.2, 0.25) is 0 Å². The van der Waals surface area contributed by atoms with Crippen molar-refractivity contribution in [3.05, 3.63) is 23.7 Å². The van der Waals surface area contributed by atoms with Gasteiger partial charge in [0.15, 0.2) is 5.65 Å². The normalized spacial score (nSPS) is 21.4. The molecule has 0 radical (unpaired) electrons. The molecule has 1 aliphatic heterocycles. The van der Waals surface area contributed by atoms with E-state index in [-0.39, 0.29) is 0 Å². The molecule has 0 aromatic carbocycles. The van der Waals surface area contributed by atoms with Crippen LogP contribution in [-0.2, 0) is 0 Å². The number of fused-ring (bicyclic) bond motifs is 1. The molecule has 16 heavy (non-hydrogen) atoms. The number of aryl methyl sites for hydroxylation is 1. The lowest BCUT2D eigenvalue weighted by Gasteiger charge is -2.21. The molecule has 2 aromatic heterocycles. The standard InChI is InChI=1S/C12H16N4/c1-8-5-7-14-12-10(8)15-11(16-12)9-4-2-3-6-13-9/h5,7,9,13H,2-4,6H2,1H3,(H,14,15,16). The third-order valence-electron chi connectivity index (χ3n) is 3.26. The zero-order valence-electron chi connectivity index (χ0n) is 9.45. The number of rotatable bonds is 1. The minimum absolute atomic E-state index is 0.377. The fourth-order valence-electron chi connectivity index (χ4n) is 2.30. The maximum absolute atomic E-state index is 4.57. The van der Waals surface area contributed by atoms with Gasteiger partial charge in [-0.15, -0.1) is 0 Å². The van der Waals surface area contributed by atoms with E-state index >= 15 is 0 Å². The predicted molar refractivity (Wildman–Crippen MR) is 63.2 cm³/mol. The number of nitrogens with zero attached hydrogens (tertiary/aromatic N) is 2. The lowest BCUT2D eigenvalue weighted by Crippen LogP contribution is -2.27. The summed E-state index contributed by atoms with van der Waals surface area (Å²) in [5.41, 5.74) is 3.12. The van der Waals surface area contributed by atoms with Crippen LogP contribution in [0.4, 0.5) is 0 Å². The van der Waals surface area contributed by atoms with Gasteiger partial charge < -0.3 is 10.3 Å². The number of hydrogen-bond donors (Lipinski definition) is 2. The van der Waals surface area contributed by atoms with Crippen molar-refractivity contribution in [1.82, 2.24) is 20.3 Å². The molecule has 2 aromatic rings. The molecule has 4 heteroatoms. The zero-order chi connectivity index (χ0) is 11.0. The largest absolute Gasteiger partial charge is 0.339 e. The lowest BCUT2D eigenvalue weighted by molar-refractivity contribution is 0.400. The van der Waals surface area contributed by atoms with Crippen LogP contribution >= 0.6 is 0 Å². The van der Waals surface area contributed by atoms with Crippen molar-refractivity contribution in [2.45, 2.75) is 32.2 Å². The molecule has 2 N–H and O–H groups in total. The van der Waals surface area contributed by atoms with E-state index in [0.717, 1.165) is 23.5 Å². The number of H-pyrrole nitrogens is 1. The Bertz CT molecular complexity index is 497. The van der Waals surface area contributed by atoms with Gasteiger partial charge in [0.05, 0.1) is 11.6 Å². The van der Waals surface area contributed by atoms with Crippen molar-refractivity contribution in [3.8, 4) is 0 Å². The van der Waals surface area contributed by atoms with Crippen LogP contribution in [0.3, 0.4) is 0 Å². The van der Waals surface area contributed by atoms with Crippen LogP contribution in [-0.4, -0.2) is 21.5 Å². The summed E-state index contributed by atoms with van der Waals surface area (Å²) in [6.45, 7) is 3.17. The van der Waals surface area contributed by atoms with Gasteiger partial charge in [-0.1, -0.05) is 6.42 Å². The Balaban J connectivity index is 2.01. The molecule has 0 aliphatic carbocycles. The van der Waals surface area contributed by atoms with Gasteiger partial charge >= 0.3 is 0 Å². The first kappa shape index (κ1) is 9.78. The van der Waals surface area contributed by atoms with Crippen molar-refractivity contribution in [3.63, 3.8) is 0 Å². The molecular weight excluding hydrogens is 200 g/mol. The minimum Gasteiger partial charge on any atom is -0.339 e. The van der Waals surface area contributed by atoms with E-state index in [0.29, 0.717) is 6.04 Å². The van der Waals surface area contributed by atoms with Crippen LogP contribution in [0.25, 0.3) is 11.2 Å². The van der Waals surface area contributed by atoms with Gasteiger partial charge in [-0.05, 0) is 37.9 Å². The van der Waals surface area contributed by atoms with E-state index < -0.39 is 0 Å². The van der Waals surface area contributed by atoms with Gasteiger partial charge in [0.25, 0.3) is 0 Å². The second kappa shape index (κ2) is 3.87. The monoisotopic (exact) mass is 216 g/mol. The third-order valence-corrected chi connectivity index (χ3v) is 3.26. The highest BCUT2D eigenvalue weighted by Crippen LogP contribution is 2.23. The summed E-state index contributed by atoms with van der Waals surface area (Å²) in [6, 6.07) is 2.39. The molecule has 0 saturated carbocycles. The van der Waals surface area contributed by atoms with Crippen LogP contribution in [0, 0.1) is 6.92 Å². The van der Waals surface area contributed by atoms with E-state index in [1.165, 1.54) is 24.8 Å². The predicted octanol–water partition coefficient (Wildman–Crippen LogP) is 2.08. The Morgan fingerprint density at radius 1 is 1.38 bits per heavy atom. The van der Waals surface area contributed by atoms with Crippen LogP contribution in [0.1, 0.15) is 36.7 Å². The van der Waals surface area contributed by atoms with Crippen molar-refractivity contribution in [2.75, 3.05) is 6.54 Å². The first-order valence-electron chi connectivity index (χ1n) is 5.89. The zero-order valence-corrected chi connectivity index (χ0v) is 9.45. The van der Waals surface area contributed by atoms with Crippen molar-refractivity contribution in [1.29, 1.82) is 0 Å². The summed E-state index contributed by atoms with van der Waals surface area (Å²) in [5.74, 6) is 1.04. The van der Waals surface area contributed by atoms with Gasteiger partial charge in [0, 0.05) is 6.20 Å². The molecule has 3 heterocycles. The van der Waals surface area contributed by atoms with Gasteiger partial charge in [-0.25, -0.2) is 9.97 Å². The maximum Gasteiger partial charge on any atom is 0.178 e. The molecule has 3 rings (SSSR count). The Kier molecular flexibility index (Phi) is 2.36. The summed E-state index contributed by atoms with van der Waals surface area (Å²) in [4.78, 5) is 12.3. The smallest absolute Gasteiger partial charge is 0.178 e. The summed E-state index contributed by atoms with van der Waals surface area (Å²) in [5, 5.41) is 3.49. The molecule has 1 fully saturated rings. The molecule has 0 bridgehead atoms. The fourth-order valence-corrected chi connectivity index (χ4v) is 2.30. The van der Waals surface area contributed by atoms with E-state index in [4.69, 9.17) is 0 Å². The lowest BCUT2D eigenvalue weighted by atomic mass is 10.0. The highest BCUT2D eigenvalue weighted by Gasteiger charge is 2.18. The summed E-state index contributed by atoms with van der Waals surface area (Å²) >= 11 is 0. The number of aromatic nitrogens is 3. The van der Waals surface area contributed by atoms with Crippen LogP contribution in [0.15, 0.2) is 12.3 Å². The van der Waals surface area contributed by atoms with Gasteiger partial charge in [-0.2, -0.15) is 0 Å². The molecule has 1 saturated heterocycles. The third kappa shape index (κ3) is 1.59. The molecular formula is C12H16N4. The second-order valence-corrected chi connectivity index (χ2v) is 4.45. The summed E-state index contributed by atoms with van der Waals surface area (Å²) < 4.78 is 0. The van der Waals surface area contributed by atoms with E-state index in [1.807, 2.05) is 12.3 Å². The summed E-state index contributed by atoms with van der Waals surface area (Å²) in [7, 11) is 0. The van der Waals surface area contributed by atoms with Crippen LogP contribution < -0.4 is 5.32 Å². The number of pyridine rings is 1. The molecule has 0 amide bonds. The Morgan fingerprint density at radius 2 is 2.31 bits per heavy atom. The highest BCUT2D eigenvalue weighted by molar-refractivity contribution is 5.74. The number of aromatic amines is 1. The van der Waals surface area contributed by atoms with E-state index in [2.05, 4.69) is 27.2 Å². The molecule has 4 nitrogen and oxygen atoms in total. The maximum atomic E-state index is 4.57. The molecule has 1 atom stereocenters. The fraction of sp³-hybridized carbons (Fsp3) is 0.500. The Labute approximate surface area is 94.5 Å². The van der Waals surface area contributed by atoms with Crippen molar-refractivity contribution < 1.29 is 0 Å². The first-order valence-corrected chi connectivity index (χ1v) is 5.89. The van der Waals surface area contributed by atoms with Crippen molar-refractivity contribution >= 4 is 11.2 Å². The van der Waals surface area contributed by atoms with E-state index in [1.54, 1.807) is 0 Å². The van der Waals surface area contributed by atoms with Gasteiger partial charge in [0.2, 0.25) is 0 Å². The SMILES string of the molecule is Cc1ccnc2nc(C3CCCCN3)[nH]c12. The van der Waals surface area contributed by atoms with Crippen molar-refractivity contribution in [2.24, 2.45) is 0 Å². The average Bonchev–Trinajstić information content (AvgIpc) is 2.76. The van der Waals surface area contributed by atoms with Crippen LogP contribution in [0.5, 0.6) is 0 Å². The molecule has 1 aliphatic rings. The Hall–Kier alpha value is -1.42. The number of nitrogens with one attached hydrogen (secondary N) is 2.